The van der Waals surface area contributed by atoms with Crippen molar-refractivity contribution in [2.24, 2.45) is 7.05 Å². The van der Waals surface area contributed by atoms with Gasteiger partial charge in [-0.1, -0.05) is 30.0 Å². The minimum Gasteiger partial charge on any atom is -0.308 e. The zero-order valence-electron chi connectivity index (χ0n) is 16.0. The van der Waals surface area contributed by atoms with E-state index in [-0.39, 0.29) is 12.5 Å². The number of carbonyl (C=O) groups is 1. The summed E-state index contributed by atoms with van der Waals surface area (Å²) in [5.41, 5.74) is 0.545. The summed E-state index contributed by atoms with van der Waals surface area (Å²) in [6.45, 7) is 1.79. The van der Waals surface area contributed by atoms with Crippen molar-refractivity contribution in [1.29, 1.82) is 0 Å². The quantitative estimate of drug-likeness (QED) is 0.522. The van der Waals surface area contributed by atoms with Gasteiger partial charge in [0.1, 0.15) is 0 Å². The summed E-state index contributed by atoms with van der Waals surface area (Å²) in [6.07, 6.45) is 2.77. The third kappa shape index (κ3) is 5.34. The van der Waals surface area contributed by atoms with E-state index in [9.17, 15) is 13.2 Å². The normalized spacial score (nSPS) is 12.5. The van der Waals surface area contributed by atoms with Gasteiger partial charge in [0.25, 0.3) is 0 Å². The number of benzene rings is 1. The molecular weight excluding hydrogens is 432 g/mol. The van der Waals surface area contributed by atoms with Gasteiger partial charge in [-0.3, -0.25) is 9.10 Å². The van der Waals surface area contributed by atoms with Crippen LogP contribution < -0.4 is 9.62 Å². The van der Waals surface area contributed by atoms with Gasteiger partial charge < -0.3 is 9.88 Å². The second-order valence-electron chi connectivity index (χ2n) is 6.15. The maximum Gasteiger partial charge on any atom is 0.239 e. The van der Waals surface area contributed by atoms with Gasteiger partial charge in [0.2, 0.25) is 15.9 Å². The van der Waals surface area contributed by atoms with Gasteiger partial charge in [-0.2, -0.15) is 0 Å². The Bertz CT molecular complexity index is 1070. The maximum atomic E-state index is 12.3. The molecule has 0 saturated heterocycles. The molecule has 3 rings (SSSR count). The Morgan fingerprint density at radius 1 is 1.31 bits per heavy atom. The monoisotopic (exact) mass is 452 g/mol. The second-order valence-corrected chi connectivity index (χ2v) is 10.3. The van der Waals surface area contributed by atoms with Crippen molar-refractivity contribution in [2.75, 3.05) is 15.9 Å². The maximum absolute atomic E-state index is 12.3. The zero-order valence-corrected chi connectivity index (χ0v) is 18.5. The van der Waals surface area contributed by atoms with E-state index in [1.54, 1.807) is 54.4 Å². The molecule has 2 heterocycles. The lowest BCUT2D eigenvalue weighted by molar-refractivity contribution is -0.115. The van der Waals surface area contributed by atoms with E-state index in [0.717, 1.165) is 6.26 Å². The molecule has 0 spiro atoms. The minimum absolute atomic E-state index is 0.0343. The highest BCUT2D eigenvalue weighted by Gasteiger charge is 2.23. The van der Waals surface area contributed by atoms with Crippen molar-refractivity contribution in [3.8, 4) is 0 Å². The lowest BCUT2D eigenvalue weighted by Crippen LogP contribution is -2.30. The first kappa shape index (κ1) is 21.3. The summed E-state index contributed by atoms with van der Waals surface area (Å²) in [5, 5.41) is 13.4. The molecule has 0 unspecified atom stereocenters. The summed E-state index contributed by atoms with van der Waals surface area (Å²) < 4.78 is 27.5. The molecule has 2 aromatic heterocycles. The van der Waals surface area contributed by atoms with Gasteiger partial charge in [-0.15, -0.1) is 21.5 Å². The highest BCUT2D eigenvalue weighted by molar-refractivity contribution is 8.00. The summed E-state index contributed by atoms with van der Waals surface area (Å²) >= 11 is 2.58. The molecule has 0 aliphatic heterocycles. The average Bonchev–Trinajstić information content (AvgIpc) is 3.30. The Hall–Kier alpha value is -2.44. The molecule has 0 bridgehead atoms. The number of carbonyl (C=O) groups excluding carboxylic acids is 1. The standard InChI is InChI=1S/C17H20N6O3S3/c1-12(15(24)19-16-18-9-10-27-16)28-17-21-20-14(22(17)2)11-23(29(3,25)26)13-7-5-4-6-8-13/h4-10,12H,11H2,1-3H3,(H,18,19,24)/t12-/m0/s1. The van der Waals surface area contributed by atoms with E-state index in [4.69, 9.17) is 0 Å². The number of nitrogens with one attached hydrogen (secondary N) is 1. The van der Waals surface area contributed by atoms with Crippen LogP contribution in [0.15, 0.2) is 47.1 Å². The fourth-order valence-corrected chi connectivity index (χ4v) is 4.63. The van der Waals surface area contributed by atoms with Crippen LogP contribution in [0.2, 0.25) is 0 Å². The molecule has 1 N–H and O–H groups in total. The first-order chi connectivity index (χ1) is 13.8. The fraction of sp³-hybridized carbons (Fsp3) is 0.294. The van der Waals surface area contributed by atoms with Crippen LogP contribution in [0.4, 0.5) is 10.8 Å². The molecule has 0 radical (unpaired) electrons. The number of thiazole rings is 1. The first-order valence-electron chi connectivity index (χ1n) is 8.53. The van der Waals surface area contributed by atoms with Crippen molar-refractivity contribution in [2.45, 2.75) is 23.9 Å². The van der Waals surface area contributed by atoms with Gasteiger partial charge >= 0.3 is 0 Å². The van der Waals surface area contributed by atoms with E-state index in [0.29, 0.717) is 21.8 Å². The predicted octanol–water partition coefficient (Wildman–Crippen LogP) is 2.36. The fourth-order valence-electron chi connectivity index (χ4n) is 2.41. The van der Waals surface area contributed by atoms with Gasteiger partial charge in [0.15, 0.2) is 16.1 Å². The number of amides is 1. The van der Waals surface area contributed by atoms with Gasteiger partial charge in [0.05, 0.1) is 23.7 Å². The summed E-state index contributed by atoms with van der Waals surface area (Å²) in [5.74, 6) is 0.269. The number of rotatable bonds is 8. The molecule has 9 nitrogen and oxygen atoms in total. The lowest BCUT2D eigenvalue weighted by Gasteiger charge is -2.21. The molecule has 0 saturated carbocycles. The van der Waals surface area contributed by atoms with Crippen LogP contribution >= 0.6 is 23.1 Å². The molecule has 154 valence electrons. The SMILES string of the molecule is C[C@H](Sc1nnc(CN(c2ccccc2)S(C)(=O)=O)n1C)C(=O)Nc1nccs1. The number of thioether (sulfide) groups is 1. The third-order valence-electron chi connectivity index (χ3n) is 3.97. The van der Waals surface area contributed by atoms with E-state index < -0.39 is 15.3 Å². The molecular formula is C17H20N6O3S3. The lowest BCUT2D eigenvalue weighted by atomic mass is 10.3. The van der Waals surface area contributed by atoms with Crippen LogP contribution in [0.25, 0.3) is 0 Å². The summed E-state index contributed by atoms with van der Waals surface area (Å²) in [6, 6.07) is 8.80. The molecule has 29 heavy (non-hydrogen) atoms. The Morgan fingerprint density at radius 3 is 2.66 bits per heavy atom. The third-order valence-corrected chi connectivity index (χ3v) is 6.93. The molecule has 0 aliphatic rings. The van der Waals surface area contributed by atoms with E-state index in [1.165, 1.54) is 27.4 Å². The van der Waals surface area contributed by atoms with Gasteiger partial charge in [0, 0.05) is 18.6 Å². The number of aromatic nitrogens is 4. The molecule has 0 fully saturated rings. The average molecular weight is 453 g/mol. The molecule has 3 aromatic rings. The van der Waals surface area contributed by atoms with E-state index in [1.807, 2.05) is 6.07 Å². The summed E-state index contributed by atoms with van der Waals surface area (Å²) in [4.78, 5) is 16.4. The number of anilines is 2. The highest BCUT2D eigenvalue weighted by atomic mass is 32.2. The largest absolute Gasteiger partial charge is 0.308 e. The minimum atomic E-state index is -3.51. The Kier molecular flexibility index (Phi) is 6.55. The van der Waals surface area contributed by atoms with Crippen LogP contribution in [0.3, 0.4) is 0 Å². The Labute approximate surface area is 177 Å². The van der Waals surface area contributed by atoms with Crippen LogP contribution in [0.1, 0.15) is 12.7 Å². The highest BCUT2D eigenvalue weighted by Crippen LogP contribution is 2.25. The molecule has 1 aromatic carbocycles. The smallest absolute Gasteiger partial charge is 0.239 e. The number of nitrogens with zero attached hydrogens (tertiary/aromatic N) is 5. The van der Waals surface area contributed by atoms with Crippen molar-refractivity contribution in [3.63, 3.8) is 0 Å². The van der Waals surface area contributed by atoms with E-state index >= 15 is 0 Å². The van der Waals surface area contributed by atoms with Crippen molar-refractivity contribution < 1.29 is 13.2 Å². The topological polar surface area (TPSA) is 110 Å². The van der Waals surface area contributed by atoms with Crippen LogP contribution in [0, 0.1) is 0 Å². The van der Waals surface area contributed by atoms with Crippen molar-refractivity contribution in [1.82, 2.24) is 19.7 Å². The Balaban J connectivity index is 1.73. The molecule has 1 atom stereocenters. The number of sulfonamides is 1. The first-order valence-corrected chi connectivity index (χ1v) is 12.1. The van der Waals surface area contributed by atoms with Crippen LogP contribution in [-0.2, 0) is 28.4 Å². The zero-order chi connectivity index (χ0) is 21.0. The van der Waals surface area contributed by atoms with Gasteiger partial charge in [-0.05, 0) is 19.1 Å². The predicted molar refractivity (Wildman–Crippen MR) is 115 cm³/mol. The Morgan fingerprint density at radius 2 is 2.03 bits per heavy atom. The second kappa shape index (κ2) is 8.93. The van der Waals surface area contributed by atoms with E-state index in [2.05, 4.69) is 20.5 Å². The molecule has 1 amide bonds. The number of hydrogen-bond donors (Lipinski definition) is 1. The molecule has 12 heteroatoms. The van der Waals surface area contributed by atoms with Crippen molar-refractivity contribution >= 4 is 49.8 Å². The van der Waals surface area contributed by atoms with Crippen LogP contribution in [-0.4, -0.2) is 45.6 Å². The number of para-hydroxylation sites is 1. The van der Waals surface area contributed by atoms with Crippen molar-refractivity contribution in [3.05, 3.63) is 47.7 Å². The van der Waals surface area contributed by atoms with Gasteiger partial charge in [-0.25, -0.2) is 13.4 Å². The summed E-state index contributed by atoms with van der Waals surface area (Å²) in [7, 11) is -1.77. The van der Waals surface area contributed by atoms with Crippen LogP contribution in [0.5, 0.6) is 0 Å². The number of hydrogen-bond acceptors (Lipinski definition) is 8. The molecule has 0 aliphatic carbocycles.